The molecule has 100 valence electrons. The number of benzene rings is 1. The third-order valence-corrected chi connectivity index (χ3v) is 2.59. The summed E-state index contributed by atoms with van der Waals surface area (Å²) in [5.74, 6) is -1.30. The van der Waals surface area contributed by atoms with E-state index in [-0.39, 0.29) is 29.8 Å². The summed E-state index contributed by atoms with van der Waals surface area (Å²) in [4.78, 5) is 15.2. The average molecular weight is 285 g/mol. The van der Waals surface area contributed by atoms with Crippen LogP contribution in [-0.2, 0) is 11.2 Å². The summed E-state index contributed by atoms with van der Waals surface area (Å²) in [5, 5.41) is 3.61. The standard InChI is InChI=1S/C12H10ClFN2O3/c1-2-18-12(17)11-15-9(16-19-11)6-7-4-3-5-8(13)10(7)14/h3-5H,2,6H2,1H3. The van der Waals surface area contributed by atoms with Crippen molar-refractivity contribution in [3.8, 4) is 0 Å². The molecule has 5 nitrogen and oxygen atoms in total. The second kappa shape index (κ2) is 5.79. The van der Waals surface area contributed by atoms with Gasteiger partial charge in [-0.3, -0.25) is 0 Å². The molecule has 1 heterocycles. The molecule has 0 aliphatic rings. The lowest BCUT2D eigenvalue weighted by Crippen LogP contribution is -2.05. The first kappa shape index (κ1) is 13.5. The van der Waals surface area contributed by atoms with Gasteiger partial charge in [-0.05, 0) is 18.6 Å². The van der Waals surface area contributed by atoms with Crippen LogP contribution in [0.3, 0.4) is 0 Å². The molecular formula is C12H10ClFN2O3. The van der Waals surface area contributed by atoms with Crippen molar-refractivity contribution in [2.45, 2.75) is 13.3 Å². The summed E-state index contributed by atoms with van der Waals surface area (Å²) >= 11 is 5.66. The Hall–Kier alpha value is -1.95. The minimum atomic E-state index is -0.701. The van der Waals surface area contributed by atoms with Gasteiger partial charge in [-0.25, -0.2) is 9.18 Å². The van der Waals surface area contributed by atoms with Crippen molar-refractivity contribution >= 4 is 17.6 Å². The third kappa shape index (κ3) is 3.08. The zero-order valence-electron chi connectivity index (χ0n) is 10.0. The van der Waals surface area contributed by atoms with Crippen LogP contribution >= 0.6 is 11.6 Å². The van der Waals surface area contributed by atoms with E-state index in [1.54, 1.807) is 19.1 Å². The first-order chi connectivity index (χ1) is 9.11. The summed E-state index contributed by atoms with van der Waals surface area (Å²) in [5.41, 5.74) is 0.323. The van der Waals surface area contributed by atoms with E-state index < -0.39 is 11.8 Å². The van der Waals surface area contributed by atoms with E-state index in [4.69, 9.17) is 20.9 Å². The van der Waals surface area contributed by atoms with Crippen molar-refractivity contribution < 1.29 is 18.4 Å². The van der Waals surface area contributed by atoms with Crippen molar-refractivity contribution in [1.82, 2.24) is 10.1 Å². The lowest BCUT2D eigenvalue weighted by molar-refractivity contribution is 0.0470. The molecule has 0 atom stereocenters. The van der Waals surface area contributed by atoms with Gasteiger partial charge in [0.25, 0.3) is 0 Å². The number of halogens is 2. The molecule has 0 aliphatic carbocycles. The van der Waals surface area contributed by atoms with Gasteiger partial charge < -0.3 is 9.26 Å². The Morgan fingerprint density at radius 1 is 1.53 bits per heavy atom. The molecule has 2 rings (SSSR count). The first-order valence-electron chi connectivity index (χ1n) is 5.54. The number of hydrogen-bond acceptors (Lipinski definition) is 5. The topological polar surface area (TPSA) is 65.2 Å². The van der Waals surface area contributed by atoms with Crippen molar-refractivity contribution in [3.63, 3.8) is 0 Å². The van der Waals surface area contributed by atoms with Gasteiger partial charge in [-0.2, -0.15) is 4.98 Å². The van der Waals surface area contributed by atoms with Gasteiger partial charge in [0.2, 0.25) is 0 Å². The van der Waals surface area contributed by atoms with E-state index in [2.05, 4.69) is 10.1 Å². The minimum Gasteiger partial charge on any atom is -0.459 e. The van der Waals surface area contributed by atoms with Gasteiger partial charge in [-0.15, -0.1) is 0 Å². The van der Waals surface area contributed by atoms with E-state index in [9.17, 15) is 9.18 Å². The molecule has 0 aliphatic heterocycles. The molecule has 0 bridgehead atoms. The molecule has 1 aromatic carbocycles. The van der Waals surface area contributed by atoms with Gasteiger partial charge in [0.1, 0.15) is 5.82 Å². The Labute approximate surface area is 113 Å². The monoisotopic (exact) mass is 284 g/mol. The van der Waals surface area contributed by atoms with Crippen molar-refractivity contribution in [1.29, 1.82) is 0 Å². The molecule has 0 saturated heterocycles. The molecule has 2 aromatic rings. The molecule has 7 heteroatoms. The average Bonchev–Trinajstić information content (AvgIpc) is 2.84. The lowest BCUT2D eigenvalue weighted by atomic mass is 10.1. The summed E-state index contributed by atoms with van der Waals surface area (Å²) in [6.45, 7) is 1.87. The fraction of sp³-hybridized carbons (Fsp3) is 0.250. The highest BCUT2D eigenvalue weighted by Gasteiger charge is 2.17. The Morgan fingerprint density at radius 2 is 2.32 bits per heavy atom. The smallest absolute Gasteiger partial charge is 0.397 e. The van der Waals surface area contributed by atoms with Crippen LogP contribution < -0.4 is 0 Å². The van der Waals surface area contributed by atoms with E-state index in [1.165, 1.54) is 6.07 Å². The van der Waals surface area contributed by atoms with Gasteiger partial charge in [0.05, 0.1) is 11.6 Å². The second-order valence-electron chi connectivity index (χ2n) is 3.63. The number of rotatable bonds is 4. The van der Waals surface area contributed by atoms with E-state index >= 15 is 0 Å². The van der Waals surface area contributed by atoms with E-state index in [0.29, 0.717) is 5.56 Å². The predicted molar refractivity (Wildman–Crippen MR) is 64.5 cm³/mol. The molecular weight excluding hydrogens is 275 g/mol. The summed E-state index contributed by atoms with van der Waals surface area (Å²) in [6, 6.07) is 4.62. The highest BCUT2D eigenvalue weighted by Crippen LogP contribution is 2.19. The van der Waals surface area contributed by atoms with Crippen LogP contribution in [0.5, 0.6) is 0 Å². The fourth-order valence-electron chi connectivity index (χ4n) is 1.46. The Bertz CT molecular complexity index is 600. The highest BCUT2D eigenvalue weighted by atomic mass is 35.5. The second-order valence-corrected chi connectivity index (χ2v) is 4.03. The van der Waals surface area contributed by atoms with Crippen molar-refractivity contribution in [3.05, 3.63) is 46.3 Å². The Balaban J connectivity index is 2.16. The minimum absolute atomic E-state index is 0.0200. The number of carbonyl (C=O) groups is 1. The molecule has 0 fully saturated rings. The Kier molecular flexibility index (Phi) is 4.11. The van der Waals surface area contributed by atoms with Crippen LogP contribution in [0.4, 0.5) is 4.39 Å². The molecule has 0 spiro atoms. The van der Waals surface area contributed by atoms with Crippen LogP contribution in [-0.4, -0.2) is 22.7 Å². The van der Waals surface area contributed by atoms with Gasteiger partial charge in [-0.1, -0.05) is 28.9 Å². The fourth-order valence-corrected chi connectivity index (χ4v) is 1.65. The van der Waals surface area contributed by atoms with Crippen LogP contribution in [0.2, 0.25) is 5.02 Å². The van der Waals surface area contributed by atoms with Gasteiger partial charge in [0.15, 0.2) is 5.82 Å². The third-order valence-electron chi connectivity index (χ3n) is 2.30. The lowest BCUT2D eigenvalue weighted by Gasteiger charge is -2.00. The molecule has 1 aromatic heterocycles. The van der Waals surface area contributed by atoms with Gasteiger partial charge >= 0.3 is 11.9 Å². The predicted octanol–water partition coefficient (Wildman–Crippen LogP) is 2.63. The van der Waals surface area contributed by atoms with Crippen molar-refractivity contribution in [2.24, 2.45) is 0 Å². The molecule has 0 amide bonds. The summed E-state index contributed by atoms with van der Waals surface area (Å²) in [7, 11) is 0. The highest BCUT2D eigenvalue weighted by molar-refractivity contribution is 6.30. The molecule has 0 saturated carbocycles. The SMILES string of the molecule is CCOC(=O)c1nc(Cc2cccc(Cl)c2F)no1. The maximum Gasteiger partial charge on any atom is 0.397 e. The van der Waals surface area contributed by atoms with Crippen LogP contribution in [0.1, 0.15) is 29.0 Å². The number of hydrogen-bond donors (Lipinski definition) is 0. The van der Waals surface area contributed by atoms with Crippen LogP contribution in [0, 0.1) is 5.82 Å². The maximum absolute atomic E-state index is 13.7. The number of esters is 1. The number of nitrogens with zero attached hydrogens (tertiary/aromatic N) is 2. The molecule has 0 N–H and O–H groups in total. The molecule has 19 heavy (non-hydrogen) atoms. The van der Waals surface area contributed by atoms with Gasteiger partial charge in [0, 0.05) is 6.42 Å². The summed E-state index contributed by atoms with van der Waals surface area (Å²) < 4.78 is 23.1. The maximum atomic E-state index is 13.7. The molecule has 0 radical (unpaired) electrons. The molecule has 0 unspecified atom stereocenters. The Morgan fingerprint density at radius 3 is 3.05 bits per heavy atom. The van der Waals surface area contributed by atoms with E-state index in [0.717, 1.165) is 0 Å². The zero-order chi connectivity index (χ0) is 13.8. The summed E-state index contributed by atoms with van der Waals surface area (Å²) in [6.07, 6.45) is 0.0787. The zero-order valence-corrected chi connectivity index (χ0v) is 10.8. The van der Waals surface area contributed by atoms with Crippen LogP contribution in [0.15, 0.2) is 22.7 Å². The quantitative estimate of drug-likeness (QED) is 0.808. The largest absolute Gasteiger partial charge is 0.459 e. The number of aromatic nitrogens is 2. The number of ether oxygens (including phenoxy) is 1. The number of carbonyl (C=O) groups excluding carboxylic acids is 1. The van der Waals surface area contributed by atoms with Crippen LogP contribution in [0.25, 0.3) is 0 Å². The first-order valence-corrected chi connectivity index (χ1v) is 5.92. The normalized spacial score (nSPS) is 10.5. The van der Waals surface area contributed by atoms with Crippen molar-refractivity contribution in [2.75, 3.05) is 6.61 Å². The van der Waals surface area contributed by atoms with E-state index in [1.807, 2.05) is 0 Å².